The Morgan fingerprint density at radius 3 is 2.61 bits per heavy atom. The van der Waals surface area contributed by atoms with E-state index in [1.54, 1.807) is 4.90 Å². The number of hydrogen-bond donors (Lipinski definition) is 2. The number of benzene rings is 1. The minimum absolute atomic E-state index is 0.0111. The van der Waals surface area contributed by atoms with Gasteiger partial charge in [0, 0.05) is 31.6 Å². The molecule has 0 aromatic heterocycles. The topological polar surface area (TPSA) is 69.6 Å². The molecule has 0 saturated carbocycles. The average Bonchev–Trinajstić information content (AvgIpc) is 2.53. The number of carbonyl (C=O) groups excluding carboxylic acids is 2. The number of piperidine rings is 1. The van der Waals surface area contributed by atoms with E-state index in [4.69, 9.17) is 0 Å². The number of hydrogen-bond acceptors (Lipinski definition) is 3. The summed E-state index contributed by atoms with van der Waals surface area (Å²) in [5.41, 5.74) is 1.94. The molecule has 1 aromatic rings. The number of anilines is 1. The Labute approximate surface area is 137 Å². The van der Waals surface area contributed by atoms with Gasteiger partial charge in [0.25, 0.3) is 0 Å². The zero-order valence-corrected chi connectivity index (χ0v) is 13.9. The summed E-state index contributed by atoms with van der Waals surface area (Å²) in [6.07, 6.45) is 1.35. The summed E-state index contributed by atoms with van der Waals surface area (Å²) in [7, 11) is 0. The fourth-order valence-electron chi connectivity index (χ4n) is 2.69. The first-order chi connectivity index (χ1) is 11.0. The fourth-order valence-corrected chi connectivity index (χ4v) is 2.69. The van der Waals surface area contributed by atoms with Gasteiger partial charge < -0.3 is 15.3 Å². The van der Waals surface area contributed by atoms with Crippen molar-refractivity contribution in [3.8, 4) is 0 Å². The summed E-state index contributed by atoms with van der Waals surface area (Å²) in [6.45, 7) is 5.38. The lowest BCUT2D eigenvalue weighted by atomic mass is 10.0. The van der Waals surface area contributed by atoms with Crippen LogP contribution in [0.15, 0.2) is 24.3 Å². The van der Waals surface area contributed by atoms with Crippen molar-refractivity contribution >= 4 is 17.5 Å². The number of carbonyl (C=O) groups is 2. The van der Waals surface area contributed by atoms with Gasteiger partial charge in [0.1, 0.15) is 0 Å². The average molecular weight is 318 g/mol. The minimum Gasteiger partial charge on any atom is -0.393 e. The Hall–Kier alpha value is -1.88. The highest BCUT2D eigenvalue weighted by Crippen LogP contribution is 2.19. The predicted octanol–water partition coefficient (Wildman–Crippen LogP) is 2.51. The molecular formula is C18H26N2O3. The lowest BCUT2D eigenvalue weighted by Gasteiger charge is -2.29. The first kappa shape index (κ1) is 17.5. The van der Waals surface area contributed by atoms with Gasteiger partial charge in [-0.3, -0.25) is 9.59 Å². The number of nitrogens with zero attached hydrogens (tertiary/aromatic N) is 1. The first-order valence-corrected chi connectivity index (χ1v) is 8.31. The molecule has 2 N–H and O–H groups in total. The number of rotatable bonds is 5. The van der Waals surface area contributed by atoms with Crippen molar-refractivity contribution in [2.24, 2.45) is 0 Å². The lowest BCUT2D eigenvalue weighted by molar-refractivity contribution is -0.134. The third kappa shape index (κ3) is 5.36. The zero-order chi connectivity index (χ0) is 16.8. The number of aliphatic hydroxyl groups is 1. The normalized spacial score (nSPS) is 15.7. The Morgan fingerprint density at radius 1 is 1.26 bits per heavy atom. The summed E-state index contributed by atoms with van der Waals surface area (Å²) >= 11 is 0. The third-order valence-electron chi connectivity index (χ3n) is 4.22. The lowest BCUT2D eigenvalue weighted by Crippen LogP contribution is -2.40. The molecule has 0 unspecified atom stereocenters. The fraction of sp³-hybridized carbons (Fsp3) is 0.556. The maximum atomic E-state index is 12.1. The third-order valence-corrected chi connectivity index (χ3v) is 4.22. The van der Waals surface area contributed by atoms with Crippen LogP contribution in [-0.4, -0.2) is 41.0 Å². The van der Waals surface area contributed by atoms with Gasteiger partial charge in [0.2, 0.25) is 11.8 Å². The molecule has 0 aliphatic carbocycles. The van der Waals surface area contributed by atoms with Crippen LogP contribution in [0.25, 0.3) is 0 Å². The van der Waals surface area contributed by atoms with E-state index >= 15 is 0 Å². The standard InChI is InChI=1S/C18H26N2O3/c1-13(2)14-4-3-5-15(12-14)19-17(22)6-7-18(23)20-10-8-16(21)9-11-20/h3-5,12-13,16,21H,6-11H2,1-2H3,(H,19,22). The highest BCUT2D eigenvalue weighted by Gasteiger charge is 2.21. The zero-order valence-electron chi connectivity index (χ0n) is 13.9. The van der Waals surface area contributed by atoms with Gasteiger partial charge in [-0.2, -0.15) is 0 Å². The molecule has 1 saturated heterocycles. The molecule has 0 radical (unpaired) electrons. The van der Waals surface area contributed by atoms with Gasteiger partial charge in [-0.1, -0.05) is 26.0 Å². The van der Waals surface area contributed by atoms with Crippen LogP contribution in [0.1, 0.15) is 51.0 Å². The second kappa shape index (κ2) is 8.11. The smallest absolute Gasteiger partial charge is 0.224 e. The van der Waals surface area contributed by atoms with Crippen molar-refractivity contribution in [1.82, 2.24) is 4.90 Å². The molecule has 0 spiro atoms. The molecular weight excluding hydrogens is 292 g/mol. The summed E-state index contributed by atoms with van der Waals surface area (Å²) in [5, 5.41) is 12.3. The van der Waals surface area contributed by atoms with E-state index in [0.717, 1.165) is 5.69 Å². The van der Waals surface area contributed by atoms with Gasteiger partial charge in [-0.05, 0) is 36.5 Å². The number of aliphatic hydroxyl groups excluding tert-OH is 1. The molecule has 23 heavy (non-hydrogen) atoms. The van der Waals surface area contributed by atoms with Crippen LogP contribution in [0.2, 0.25) is 0 Å². The van der Waals surface area contributed by atoms with Gasteiger partial charge in [0.05, 0.1) is 6.10 Å². The molecule has 0 bridgehead atoms. The number of likely N-dealkylation sites (tertiary alicyclic amines) is 1. The molecule has 5 heteroatoms. The number of amides is 2. The highest BCUT2D eigenvalue weighted by molar-refractivity contribution is 5.93. The summed E-state index contributed by atoms with van der Waals surface area (Å²) in [4.78, 5) is 25.8. The molecule has 1 fully saturated rings. The Kier molecular flexibility index (Phi) is 6.16. The van der Waals surface area contributed by atoms with Crippen LogP contribution in [0.3, 0.4) is 0 Å². The number of nitrogens with one attached hydrogen (secondary N) is 1. The van der Waals surface area contributed by atoms with Crippen molar-refractivity contribution in [3.63, 3.8) is 0 Å². The first-order valence-electron chi connectivity index (χ1n) is 8.31. The Balaban J connectivity index is 1.78. The molecule has 1 heterocycles. The van der Waals surface area contributed by atoms with Crippen molar-refractivity contribution in [2.45, 2.75) is 51.6 Å². The summed E-state index contributed by atoms with van der Waals surface area (Å²) < 4.78 is 0. The summed E-state index contributed by atoms with van der Waals surface area (Å²) in [5.74, 6) is 0.252. The van der Waals surface area contributed by atoms with Crippen LogP contribution in [0.4, 0.5) is 5.69 Å². The van der Waals surface area contributed by atoms with Gasteiger partial charge in [-0.25, -0.2) is 0 Å². The van der Waals surface area contributed by atoms with Crippen LogP contribution in [0.5, 0.6) is 0 Å². The maximum Gasteiger partial charge on any atom is 0.224 e. The quantitative estimate of drug-likeness (QED) is 0.876. The summed E-state index contributed by atoms with van der Waals surface area (Å²) in [6, 6.07) is 7.79. The van der Waals surface area contributed by atoms with E-state index in [9.17, 15) is 14.7 Å². The maximum absolute atomic E-state index is 12.1. The molecule has 2 rings (SSSR count). The Bertz CT molecular complexity index is 549. The van der Waals surface area contributed by atoms with Crippen molar-refractivity contribution in [2.75, 3.05) is 18.4 Å². The predicted molar refractivity (Wildman–Crippen MR) is 90.2 cm³/mol. The largest absolute Gasteiger partial charge is 0.393 e. The van der Waals surface area contributed by atoms with Crippen LogP contribution >= 0.6 is 0 Å². The van der Waals surface area contributed by atoms with Crippen LogP contribution in [-0.2, 0) is 9.59 Å². The van der Waals surface area contributed by atoms with E-state index in [0.29, 0.717) is 31.8 Å². The van der Waals surface area contributed by atoms with E-state index in [2.05, 4.69) is 19.2 Å². The Morgan fingerprint density at radius 2 is 1.96 bits per heavy atom. The molecule has 0 atom stereocenters. The molecule has 1 aliphatic heterocycles. The van der Waals surface area contributed by atoms with Crippen molar-refractivity contribution in [1.29, 1.82) is 0 Å². The van der Waals surface area contributed by atoms with E-state index in [-0.39, 0.29) is 30.8 Å². The van der Waals surface area contributed by atoms with E-state index < -0.39 is 0 Å². The van der Waals surface area contributed by atoms with Crippen LogP contribution in [0, 0.1) is 0 Å². The van der Waals surface area contributed by atoms with Gasteiger partial charge in [-0.15, -0.1) is 0 Å². The minimum atomic E-state index is -0.296. The van der Waals surface area contributed by atoms with Gasteiger partial charge in [0.15, 0.2) is 0 Å². The van der Waals surface area contributed by atoms with Crippen molar-refractivity contribution < 1.29 is 14.7 Å². The van der Waals surface area contributed by atoms with Crippen molar-refractivity contribution in [3.05, 3.63) is 29.8 Å². The van der Waals surface area contributed by atoms with E-state index in [1.165, 1.54) is 5.56 Å². The molecule has 1 aromatic carbocycles. The van der Waals surface area contributed by atoms with E-state index in [1.807, 2.05) is 24.3 Å². The second-order valence-electron chi connectivity index (χ2n) is 6.44. The molecule has 5 nitrogen and oxygen atoms in total. The molecule has 126 valence electrons. The highest BCUT2D eigenvalue weighted by atomic mass is 16.3. The molecule has 2 amide bonds. The molecule has 1 aliphatic rings. The second-order valence-corrected chi connectivity index (χ2v) is 6.44. The SMILES string of the molecule is CC(C)c1cccc(NC(=O)CCC(=O)N2CCC(O)CC2)c1. The van der Waals surface area contributed by atoms with Crippen LogP contribution < -0.4 is 5.32 Å². The monoisotopic (exact) mass is 318 g/mol. The van der Waals surface area contributed by atoms with Gasteiger partial charge >= 0.3 is 0 Å².